The minimum atomic E-state index is -0.0217. The van der Waals surface area contributed by atoms with Crippen molar-refractivity contribution in [2.75, 3.05) is 69.2 Å². The Bertz CT molecular complexity index is 2100. The summed E-state index contributed by atoms with van der Waals surface area (Å²) in [5, 5.41) is 0. The van der Waals surface area contributed by atoms with E-state index in [-0.39, 0.29) is 38.6 Å². The number of nitrogens with zero attached hydrogens (tertiary/aromatic N) is 2. The normalized spacial score (nSPS) is 15.4. The van der Waals surface area contributed by atoms with E-state index in [4.69, 9.17) is 37.9 Å². The Morgan fingerprint density at radius 2 is 1.27 bits per heavy atom. The molecular weight excluding hydrogens is 753 g/mol. The Morgan fingerprint density at radius 1 is 0.729 bits per heavy atom. The maximum absolute atomic E-state index is 12.8. The standard InChI is InChI=1S/C23H27NO5.C12H14NO3.C11H14O2.CH4/c1-24-11-10-16-12-20-22(29-14-28-20)23(27-3)21(16)19(24)13-17(25)7-4-15-5-8-18(26-2)9-6-15;1-13-4-3-8-5-10-12(16-7-15-10)11(14-2)9(8)6-13;1-9(12)3-4-10-5-7-11(13-2)8-6-10;/h5-6,8-9,12,19H,4,7,10-11,13-14H2,1-3H3;5-6H,3-4,7H2,1-2H3;5-8H,3-4H2,1-2H3;1H4/q;+1;;. The second-order valence-electron chi connectivity index (χ2n) is 14.7. The molecule has 316 valence electrons. The first kappa shape index (κ1) is 44.4. The van der Waals surface area contributed by atoms with Crippen LogP contribution in [-0.2, 0) is 35.3 Å². The highest BCUT2D eigenvalue weighted by Crippen LogP contribution is 2.50. The number of carbonyl (C=O) groups excluding carboxylic acids is 2. The van der Waals surface area contributed by atoms with Crippen LogP contribution in [0.2, 0.25) is 0 Å². The molecule has 4 aliphatic heterocycles. The molecule has 0 radical (unpaired) electrons. The van der Waals surface area contributed by atoms with Gasteiger partial charge in [0.15, 0.2) is 29.2 Å². The highest BCUT2D eigenvalue weighted by molar-refractivity contribution is 5.86. The molecule has 0 N–H and O–H groups in total. The van der Waals surface area contributed by atoms with Gasteiger partial charge in [-0.3, -0.25) is 9.69 Å². The summed E-state index contributed by atoms with van der Waals surface area (Å²) in [5.74, 6) is 6.55. The van der Waals surface area contributed by atoms with E-state index in [0.29, 0.717) is 30.8 Å². The number of fused-ring (bicyclic) bond motifs is 4. The van der Waals surface area contributed by atoms with Gasteiger partial charge >= 0.3 is 0 Å². The molecule has 4 aromatic carbocycles. The number of rotatable bonds is 12. The zero-order valence-corrected chi connectivity index (χ0v) is 34.7. The summed E-state index contributed by atoms with van der Waals surface area (Å²) in [7, 11) is 10.7. The number of ketones is 2. The van der Waals surface area contributed by atoms with Crippen molar-refractivity contribution in [3.05, 3.63) is 94.0 Å². The van der Waals surface area contributed by atoms with Crippen LogP contribution >= 0.6 is 0 Å². The fourth-order valence-electron chi connectivity index (χ4n) is 7.50. The Balaban J connectivity index is 0.000000186. The van der Waals surface area contributed by atoms with Crippen molar-refractivity contribution in [1.82, 2.24) is 4.90 Å². The molecule has 12 heteroatoms. The zero-order chi connectivity index (χ0) is 41.2. The Hall–Kier alpha value is -5.75. The first-order chi connectivity index (χ1) is 28.1. The highest BCUT2D eigenvalue weighted by atomic mass is 16.7. The van der Waals surface area contributed by atoms with Crippen LogP contribution in [0.15, 0.2) is 60.7 Å². The average Bonchev–Trinajstić information content (AvgIpc) is 3.92. The van der Waals surface area contributed by atoms with Gasteiger partial charge in [0.2, 0.25) is 25.1 Å². The Kier molecular flexibility index (Phi) is 15.6. The molecule has 4 aliphatic rings. The molecule has 4 aromatic rings. The van der Waals surface area contributed by atoms with Crippen molar-refractivity contribution in [3.63, 3.8) is 0 Å². The van der Waals surface area contributed by atoms with Crippen molar-refractivity contribution in [3.8, 4) is 46.0 Å². The highest BCUT2D eigenvalue weighted by Gasteiger charge is 2.35. The fourth-order valence-corrected chi connectivity index (χ4v) is 7.50. The van der Waals surface area contributed by atoms with Crippen molar-refractivity contribution < 1.29 is 52.1 Å². The van der Waals surface area contributed by atoms with E-state index in [1.807, 2.05) is 54.6 Å². The molecule has 0 fully saturated rings. The molecule has 1 unspecified atom stereocenters. The number of carbonyl (C=O) groups is 2. The van der Waals surface area contributed by atoms with Crippen LogP contribution in [0, 0.1) is 0 Å². The van der Waals surface area contributed by atoms with E-state index in [9.17, 15) is 9.59 Å². The number of Topliss-reactive ketones (excluding diaryl/α,β-unsaturated/α-hetero) is 2. The molecule has 0 spiro atoms. The third-order valence-electron chi connectivity index (χ3n) is 10.8. The van der Waals surface area contributed by atoms with E-state index in [1.165, 1.54) is 16.7 Å². The van der Waals surface area contributed by atoms with E-state index >= 15 is 0 Å². The summed E-state index contributed by atoms with van der Waals surface area (Å²) in [4.78, 5) is 25.8. The van der Waals surface area contributed by atoms with Crippen molar-refractivity contribution >= 4 is 17.8 Å². The van der Waals surface area contributed by atoms with Crippen molar-refractivity contribution in [2.45, 2.75) is 65.3 Å². The summed E-state index contributed by atoms with van der Waals surface area (Å²) in [5.41, 5.74) is 6.92. The van der Waals surface area contributed by atoms with Crippen LogP contribution in [0.25, 0.3) is 0 Å². The maximum Gasteiger partial charge on any atom is 0.231 e. The molecule has 0 saturated heterocycles. The number of ether oxygens (including phenoxy) is 8. The summed E-state index contributed by atoms with van der Waals surface area (Å²) < 4.78 is 45.6. The molecule has 0 bridgehead atoms. The molecule has 0 amide bonds. The molecule has 8 rings (SSSR count). The monoisotopic (exact) mass is 811 g/mol. The predicted octanol–water partition coefficient (Wildman–Crippen LogP) is 7.45. The molecular formula is C47H59N2O10+. The smallest absolute Gasteiger partial charge is 0.231 e. The number of hydrogen-bond donors (Lipinski definition) is 0. The molecule has 0 saturated carbocycles. The topological polar surface area (TPSA) is 114 Å². The first-order valence-electron chi connectivity index (χ1n) is 19.6. The van der Waals surface area contributed by atoms with E-state index in [1.54, 1.807) is 35.4 Å². The predicted molar refractivity (Wildman–Crippen MR) is 227 cm³/mol. The van der Waals surface area contributed by atoms with E-state index in [0.717, 1.165) is 90.0 Å². The lowest BCUT2D eigenvalue weighted by Crippen LogP contribution is -2.34. The molecule has 0 aromatic heterocycles. The second-order valence-corrected chi connectivity index (χ2v) is 14.7. The van der Waals surface area contributed by atoms with Gasteiger partial charge in [-0.15, -0.1) is 0 Å². The van der Waals surface area contributed by atoms with Gasteiger partial charge in [0.1, 0.15) is 36.7 Å². The lowest BCUT2D eigenvalue weighted by molar-refractivity contribution is -0.493. The third kappa shape index (κ3) is 10.9. The molecule has 12 nitrogen and oxygen atoms in total. The van der Waals surface area contributed by atoms with Crippen LogP contribution in [0.1, 0.15) is 73.0 Å². The molecule has 0 aliphatic carbocycles. The number of likely N-dealkylation sites (N-methyl/N-ethyl adjacent to an activating group) is 2. The number of methoxy groups -OCH3 is 4. The van der Waals surface area contributed by atoms with Crippen molar-refractivity contribution in [1.29, 1.82) is 0 Å². The summed E-state index contributed by atoms with van der Waals surface area (Å²) in [6.45, 7) is 4.02. The van der Waals surface area contributed by atoms with Crippen LogP contribution in [-0.4, -0.2) is 96.5 Å². The summed E-state index contributed by atoms with van der Waals surface area (Å²) in [6, 6.07) is 19.8. The largest absolute Gasteiger partial charge is 0.497 e. The van der Waals surface area contributed by atoms with Gasteiger partial charge in [-0.25, -0.2) is 4.58 Å². The minimum absolute atomic E-state index is 0. The van der Waals surface area contributed by atoms with Gasteiger partial charge in [0.05, 0.1) is 34.0 Å². The summed E-state index contributed by atoms with van der Waals surface area (Å²) >= 11 is 0. The van der Waals surface area contributed by atoms with Crippen LogP contribution in [0.4, 0.5) is 0 Å². The SMILES string of the molecule is C.COc1c2c(cc3c1OCO3)CC[N+](C)=C2.COc1ccc(CCC(=O)CC2c3c(cc4c(c3OC)OCO4)CCN2C)cc1.COc1ccc(CCC(C)=O)cc1. The molecule has 1 atom stereocenters. The van der Waals surface area contributed by atoms with Gasteiger partial charge in [0.25, 0.3) is 0 Å². The molecule has 4 heterocycles. The lowest BCUT2D eigenvalue weighted by atomic mass is 9.87. The third-order valence-corrected chi connectivity index (χ3v) is 10.8. The number of aryl methyl sites for hydroxylation is 2. The molecule has 59 heavy (non-hydrogen) atoms. The lowest BCUT2D eigenvalue weighted by Gasteiger charge is -2.35. The average molecular weight is 812 g/mol. The van der Waals surface area contributed by atoms with Gasteiger partial charge in [-0.2, -0.15) is 0 Å². The van der Waals surface area contributed by atoms with Gasteiger partial charge in [-0.1, -0.05) is 31.7 Å². The van der Waals surface area contributed by atoms with Crippen LogP contribution in [0.3, 0.4) is 0 Å². The summed E-state index contributed by atoms with van der Waals surface area (Å²) in [6.07, 6.45) is 7.13. The Morgan fingerprint density at radius 3 is 1.81 bits per heavy atom. The van der Waals surface area contributed by atoms with Crippen molar-refractivity contribution in [2.24, 2.45) is 0 Å². The number of hydrogen-bond acceptors (Lipinski definition) is 11. The van der Waals surface area contributed by atoms with Gasteiger partial charge in [-0.05, 0) is 91.9 Å². The first-order valence-corrected chi connectivity index (χ1v) is 19.6. The minimum Gasteiger partial charge on any atom is -0.497 e. The van der Waals surface area contributed by atoms with Crippen LogP contribution in [0.5, 0.6) is 46.0 Å². The fraction of sp³-hybridized carbons (Fsp3) is 0.426. The maximum atomic E-state index is 12.8. The van der Waals surface area contributed by atoms with Gasteiger partial charge in [0, 0.05) is 43.8 Å². The second kappa shape index (κ2) is 20.8. The quantitative estimate of drug-likeness (QED) is 0.133. The van der Waals surface area contributed by atoms with E-state index in [2.05, 4.69) is 35.9 Å². The zero-order valence-electron chi connectivity index (χ0n) is 34.7. The van der Waals surface area contributed by atoms with Crippen LogP contribution < -0.4 is 37.9 Å². The van der Waals surface area contributed by atoms with E-state index < -0.39 is 0 Å². The van der Waals surface area contributed by atoms with Gasteiger partial charge < -0.3 is 42.7 Å². The Labute approximate surface area is 348 Å². The number of benzene rings is 4.